The van der Waals surface area contributed by atoms with Gasteiger partial charge in [-0.25, -0.2) is 8.78 Å². The molecule has 120 valence electrons. The molecule has 1 unspecified atom stereocenters. The van der Waals surface area contributed by atoms with E-state index >= 15 is 0 Å². The summed E-state index contributed by atoms with van der Waals surface area (Å²) in [5.41, 5.74) is 0.285. The van der Waals surface area contributed by atoms with Crippen LogP contribution in [-0.2, 0) is 4.74 Å². The lowest BCUT2D eigenvalue weighted by molar-refractivity contribution is -0.174. The zero-order valence-corrected chi connectivity index (χ0v) is 12.0. The lowest BCUT2D eigenvalue weighted by Gasteiger charge is -2.20. The Morgan fingerprint density at radius 3 is 2.43 bits per heavy atom. The molecular formula is C13H15ClF5NO. The maximum atomic E-state index is 13.3. The Hall–Kier alpha value is -0.920. The minimum atomic E-state index is -4.40. The molecule has 0 saturated heterocycles. The van der Waals surface area contributed by atoms with E-state index < -0.39 is 30.5 Å². The highest BCUT2D eigenvalue weighted by Crippen LogP contribution is 2.28. The van der Waals surface area contributed by atoms with Gasteiger partial charge >= 0.3 is 6.18 Å². The average molecular weight is 332 g/mol. The molecule has 0 spiro atoms. The number of benzene rings is 1. The first-order chi connectivity index (χ1) is 9.74. The molecule has 0 aromatic heterocycles. The number of hydrogen-bond donors (Lipinski definition) is 1. The second-order valence-corrected chi connectivity index (χ2v) is 4.76. The quantitative estimate of drug-likeness (QED) is 0.458. The molecule has 0 fully saturated rings. The fraction of sp³-hybridized carbons (Fsp3) is 0.538. The van der Waals surface area contributed by atoms with E-state index in [9.17, 15) is 22.0 Å². The van der Waals surface area contributed by atoms with Gasteiger partial charge in [0.15, 0.2) is 11.6 Å². The van der Waals surface area contributed by atoms with Gasteiger partial charge in [0.05, 0.1) is 0 Å². The molecule has 1 rings (SSSR count). The van der Waals surface area contributed by atoms with E-state index in [0.29, 0.717) is 6.54 Å². The van der Waals surface area contributed by atoms with Gasteiger partial charge in [-0.2, -0.15) is 13.2 Å². The van der Waals surface area contributed by atoms with Crippen molar-refractivity contribution in [3.63, 3.8) is 0 Å². The van der Waals surface area contributed by atoms with Crippen LogP contribution < -0.4 is 5.32 Å². The molecule has 0 aliphatic heterocycles. The molecule has 2 nitrogen and oxygen atoms in total. The zero-order chi connectivity index (χ0) is 16.0. The van der Waals surface area contributed by atoms with Crippen LogP contribution >= 0.6 is 11.6 Å². The number of rotatable bonds is 7. The van der Waals surface area contributed by atoms with E-state index in [0.717, 1.165) is 12.1 Å². The van der Waals surface area contributed by atoms with Crippen molar-refractivity contribution >= 4 is 11.6 Å². The molecule has 0 heterocycles. The first kappa shape index (κ1) is 18.1. The van der Waals surface area contributed by atoms with Gasteiger partial charge in [-0.1, -0.05) is 18.5 Å². The van der Waals surface area contributed by atoms with Gasteiger partial charge in [0, 0.05) is 17.7 Å². The molecule has 1 atom stereocenters. The molecule has 0 amide bonds. The Bertz CT molecular complexity index is 467. The van der Waals surface area contributed by atoms with Gasteiger partial charge in [-0.05, 0) is 30.7 Å². The molecule has 1 aromatic carbocycles. The Labute approximate surface area is 124 Å². The van der Waals surface area contributed by atoms with Crippen LogP contribution in [0, 0.1) is 11.6 Å². The fourth-order valence-corrected chi connectivity index (χ4v) is 2.09. The Balaban J connectivity index is 2.71. The predicted molar refractivity (Wildman–Crippen MR) is 69.3 cm³/mol. The van der Waals surface area contributed by atoms with Crippen molar-refractivity contribution in [3.8, 4) is 0 Å². The van der Waals surface area contributed by atoms with Crippen molar-refractivity contribution in [1.29, 1.82) is 0 Å². The summed E-state index contributed by atoms with van der Waals surface area (Å²) >= 11 is 5.85. The highest BCUT2D eigenvalue weighted by molar-refractivity contribution is 6.31. The van der Waals surface area contributed by atoms with Crippen LogP contribution in [0.3, 0.4) is 0 Å². The summed E-state index contributed by atoms with van der Waals surface area (Å²) < 4.78 is 66.7. The normalized spacial score (nSPS) is 13.5. The van der Waals surface area contributed by atoms with Crippen molar-refractivity contribution in [2.75, 3.05) is 19.8 Å². The standard InChI is InChI=1S/C13H15ClF5NO/c1-2-20-12(3-4-21-7-13(17,18)19)8-5-10(15)11(16)6-9(8)14/h5-6,12,20H,2-4,7H2,1H3. The number of halogens is 6. The fourth-order valence-electron chi connectivity index (χ4n) is 1.81. The largest absolute Gasteiger partial charge is 0.411 e. The summed E-state index contributed by atoms with van der Waals surface area (Å²) in [6.45, 7) is 0.723. The molecule has 0 aliphatic rings. The van der Waals surface area contributed by atoms with E-state index in [1.165, 1.54) is 0 Å². The zero-order valence-electron chi connectivity index (χ0n) is 11.2. The molecule has 1 N–H and O–H groups in total. The highest BCUT2D eigenvalue weighted by Gasteiger charge is 2.27. The van der Waals surface area contributed by atoms with E-state index in [1.54, 1.807) is 6.92 Å². The third-order valence-electron chi connectivity index (χ3n) is 2.68. The third-order valence-corrected chi connectivity index (χ3v) is 3.01. The molecular weight excluding hydrogens is 317 g/mol. The summed E-state index contributed by atoms with van der Waals surface area (Å²) in [4.78, 5) is 0. The summed E-state index contributed by atoms with van der Waals surface area (Å²) in [5.74, 6) is -2.14. The van der Waals surface area contributed by atoms with Crippen molar-refractivity contribution in [1.82, 2.24) is 5.32 Å². The summed E-state index contributed by atoms with van der Waals surface area (Å²) in [7, 11) is 0. The van der Waals surface area contributed by atoms with E-state index in [1.807, 2.05) is 0 Å². The monoisotopic (exact) mass is 331 g/mol. The van der Waals surface area contributed by atoms with Crippen molar-refractivity contribution in [2.45, 2.75) is 25.6 Å². The van der Waals surface area contributed by atoms with Crippen LogP contribution in [-0.4, -0.2) is 25.9 Å². The van der Waals surface area contributed by atoms with Gasteiger partial charge in [0.1, 0.15) is 6.61 Å². The van der Waals surface area contributed by atoms with Gasteiger partial charge in [0.2, 0.25) is 0 Å². The van der Waals surface area contributed by atoms with Crippen LogP contribution in [0.15, 0.2) is 12.1 Å². The number of alkyl halides is 3. The molecule has 21 heavy (non-hydrogen) atoms. The SMILES string of the molecule is CCNC(CCOCC(F)(F)F)c1cc(F)c(F)cc1Cl. The first-order valence-corrected chi connectivity index (χ1v) is 6.64. The van der Waals surface area contributed by atoms with Crippen LogP contribution in [0.4, 0.5) is 22.0 Å². The number of ether oxygens (including phenoxy) is 1. The van der Waals surface area contributed by atoms with Gasteiger partial charge in [-0.3, -0.25) is 0 Å². The van der Waals surface area contributed by atoms with Gasteiger partial charge in [-0.15, -0.1) is 0 Å². The molecule has 0 radical (unpaired) electrons. The summed E-state index contributed by atoms with van der Waals surface area (Å²) in [6, 6.07) is 1.26. The van der Waals surface area contributed by atoms with Gasteiger partial charge < -0.3 is 10.1 Å². The lowest BCUT2D eigenvalue weighted by Crippen LogP contribution is -2.24. The van der Waals surface area contributed by atoms with Crippen molar-refractivity contribution in [2.24, 2.45) is 0 Å². The van der Waals surface area contributed by atoms with Gasteiger partial charge in [0.25, 0.3) is 0 Å². The van der Waals surface area contributed by atoms with Crippen LogP contribution in [0.25, 0.3) is 0 Å². The highest BCUT2D eigenvalue weighted by atomic mass is 35.5. The first-order valence-electron chi connectivity index (χ1n) is 6.27. The molecule has 0 aliphatic carbocycles. The summed E-state index contributed by atoms with van der Waals surface area (Å²) in [6.07, 6.45) is -4.25. The van der Waals surface area contributed by atoms with Crippen LogP contribution in [0.1, 0.15) is 24.9 Å². The third kappa shape index (κ3) is 6.15. The second-order valence-electron chi connectivity index (χ2n) is 4.35. The van der Waals surface area contributed by atoms with E-state index in [-0.39, 0.29) is 23.6 Å². The maximum Gasteiger partial charge on any atom is 0.411 e. The Morgan fingerprint density at radius 2 is 1.86 bits per heavy atom. The minimum absolute atomic E-state index is 0.00988. The maximum absolute atomic E-state index is 13.3. The topological polar surface area (TPSA) is 21.3 Å². The number of nitrogens with one attached hydrogen (secondary N) is 1. The summed E-state index contributed by atoms with van der Waals surface area (Å²) in [5, 5.41) is 2.96. The Kier molecular flexibility index (Phi) is 6.83. The van der Waals surface area contributed by atoms with Crippen LogP contribution in [0.2, 0.25) is 5.02 Å². The molecule has 0 saturated carbocycles. The van der Waals surface area contributed by atoms with Crippen molar-refractivity contribution < 1.29 is 26.7 Å². The predicted octanol–water partition coefficient (Wildman–Crippen LogP) is 4.24. The molecule has 1 aromatic rings. The van der Waals surface area contributed by atoms with Crippen molar-refractivity contribution in [3.05, 3.63) is 34.4 Å². The minimum Gasteiger partial charge on any atom is -0.372 e. The van der Waals surface area contributed by atoms with Crippen LogP contribution in [0.5, 0.6) is 0 Å². The number of hydrogen-bond acceptors (Lipinski definition) is 2. The molecule has 0 bridgehead atoms. The lowest BCUT2D eigenvalue weighted by atomic mass is 10.0. The average Bonchev–Trinajstić information content (AvgIpc) is 2.36. The Morgan fingerprint density at radius 1 is 1.24 bits per heavy atom. The smallest absolute Gasteiger partial charge is 0.372 e. The van der Waals surface area contributed by atoms with E-state index in [2.05, 4.69) is 10.1 Å². The molecule has 8 heteroatoms. The second kappa shape index (κ2) is 7.91. The van der Waals surface area contributed by atoms with E-state index in [4.69, 9.17) is 11.6 Å².